The molecule has 4 aliphatic rings. The van der Waals surface area contributed by atoms with Gasteiger partial charge in [-0.15, -0.1) is 0 Å². The van der Waals surface area contributed by atoms with Crippen LogP contribution < -0.4 is 5.73 Å². The summed E-state index contributed by atoms with van der Waals surface area (Å²) in [7, 11) is 0. The predicted molar refractivity (Wildman–Crippen MR) is 108 cm³/mol. The zero-order chi connectivity index (χ0) is 20.5. The first-order valence-corrected chi connectivity index (χ1v) is 11.8. The summed E-state index contributed by atoms with van der Waals surface area (Å²) < 4.78 is 5.23. The van der Waals surface area contributed by atoms with Crippen molar-refractivity contribution < 1.29 is 24.5 Å². The summed E-state index contributed by atoms with van der Waals surface area (Å²) in [5, 5.41) is 19.3. The summed E-state index contributed by atoms with van der Waals surface area (Å²) in [6.07, 6.45) is 11.7. The van der Waals surface area contributed by atoms with Crippen molar-refractivity contribution >= 4 is 11.9 Å². The standard InChI is InChI=1S/C23H37NO5/c24-20(22(26)27)10-11-21(25)29-23(28)15-6-7-17-14(12-15)5-9-18-16-3-1-2-13(16)4-8-19(17)18/h13-20,23,28H,1-12,24H2,(H,26,27)/t13-,14?,15?,16+,17-,18-,19+,20-,23?/m0/s1. The van der Waals surface area contributed by atoms with E-state index in [9.17, 15) is 14.7 Å². The van der Waals surface area contributed by atoms with Crippen molar-refractivity contribution in [2.45, 2.75) is 89.4 Å². The van der Waals surface area contributed by atoms with Crippen LogP contribution in [-0.2, 0) is 14.3 Å². The van der Waals surface area contributed by atoms with E-state index >= 15 is 0 Å². The van der Waals surface area contributed by atoms with Crippen LogP contribution in [0.15, 0.2) is 0 Å². The van der Waals surface area contributed by atoms with E-state index in [-0.39, 0.29) is 18.8 Å². The Hall–Kier alpha value is -1.14. The molecule has 4 aliphatic carbocycles. The molecule has 0 spiro atoms. The maximum atomic E-state index is 12.0. The molecule has 29 heavy (non-hydrogen) atoms. The first kappa shape index (κ1) is 21.1. The Morgan fingerprint density at radius 2 is 1.55 bits per heavy atom. The van der Waals surface area contributed by atoms with Gasteiger partial charge in [0.2, 0.25) is 6.29 Å². The molecule has 4 fully saturated rings. The van der Waals surface area contributed by atoms with Gasteiger partial charge in [-0.25, -0.2) is 0 Å². The summed E-state index contributed by atoms with van der Waals surface area (Å²) >= 11 is 0. The maximum Gasteiger partial charge on any atom is 0.320 e. The SMILES string of the molecule is N[C@@H](CCC(=O)OC(O)C1CC[C@H]2C(CC[C@H]3[C@@H]4CCC[C@H]4CC[C@@H]32)C1)C(=O)O. The van der Waals surface area contributed by atoms with Crippen molar-refractivity contribution in [2.75, 3.05) is 0 Å². The maximum absolute atomic E-state index is 12.0. The molecule has 6 nitrogen and oxygen atoms in total. The van der Waals surface area contributed by atoms with Gasteiger partial charge in [0.15, 0.2) is 0 Å². The van der Waals surface area contributed by atoms with Crippen molar-refractivity contribution in [2.24, 2.45) is 47.2 Å². The molecule has 0 aromatic heterocycles. The van der Waals surface area contributed by atoms with Crippen LogP contribution >= 0.6 is 0 Å². The van der Waals surface area contributed by atoms with E-state index in [1.807, 2.05) is 0 Å². The Morgan fingerprint density at radius 1 is 0.897 bits per heavy atom. The van der Waals surface area contributed by atoms with E-state index in [1.165, 1.54) is 44.9 Å². The summed E-state index contributed by atoms with van der Waals surface area (Å²) in [6, 6.07) is -1.07. The van der Waals surface area contributed by atoms with Gasteiger partial charge in [0.1, 0.15) is 6.04 Å². The lowest BCUT2D eigenvalue weighted by molar-refractivity contribution is -0.183. The van der Waals surface area contributed by atoms with Gasteiger partial charge in [0.25, 0.3) is 0 Å². The number of aliphatic hydroxyl groups is 1. The topological polar surface area (TPSA) is 110 Å². The van der Waals surface area contributed by atoms with Crippen LogP contribution in [0.1, 0.15) is 77.0 Å². The Morgan fingerprint density at radius 3 is 2.28 bits per heavy atom. The number of carbonyl (C=O) groups excluding carboxylic acids is 1. The zero-order valence-corrected chi connectivity index (χ0v) is 17.4. The van der Waals surface area contributed by atoms with E-state index in [0.717, 1.165) is 48.9 Å². The number of hydrogen-bond acceptors (Lipinski definition) is 5. The summed E-state index contributed by atoms with van der Waals surface area (Å²) in [4.78, 5) is 22.7. The van der Waals surface area contributed by atoms with Crippen molar-refractivity contribution in [1.29, 1.82) is 0 Å². The van der Waals surface area contributed by atoms with E-state index in [1.54, 1.807) is 0 Å². The van der Waals surface area contributed by atoms with Crippen LogP contribution in [0, 0.1) is 41.4 Å². The Labute approximate surface area is 173 Å². The number of carbonyl (C=O) groups is 2. The number of carboxylic acid groups (broad SMARTS) is 1. The molecular formula is C23H37NO5. The number of rotatable bonds is 6. The summed E-state index contributed by atoms with van der Waals surface area (Å²) in [5.74, 6) is 3.58. The highest BCUT2D eigenvalue weighted by Gasteiger charge is 2.50. The Kier molecular flexibility index (Phi) is 6.50. The van der Waals surface area contributed by atoms with Crippen LogP contribution in [0.3, 0.4) is 0 Å². The van der Waals surface area contributed by atoms with Crippen molar-refractivity contribution in [3.63, 3.8) is 0 Å². The largest absolute Gasteiger partial charge is 0.480 e. The second kappa shape index (κ2) is 8.93. The number of aliphatic carboxylic acids is 1. The van der Waals surface area contributed by atoms with E-state index in [4.69, 9.17) is 15.6 Å². The van der Waals surface area contributed by atoms with Gasteiger partial charge < -0.3 is 20.7 Å². The lowest BCUT2D eigenvalue weighted by Gasteiger charge is -2.53. The molecule has 0 aromatic carbocycles. The fourth-order valence-electron chi connectivity index (χ4n) is 7.46. The molecule has 0 heterocycles. The summed E-state index contributed by atoms with van der Waals surface area (Å²) in [5.41, 5.74) is 5.43. The Balaban J connectivity index is 1.27. The van der Waals surface area contributed by atoms with Crippen LogP contribution in [0.25, 0.3) is 0 Å². The molecule has 0 saturated heterocycles. The molecule has 3 unspecified atom stereocenters. The molecule has 0 aromatic rings. The normalized spacial score (nSPS) is 40.8. The third kappa shape index (κ3) is 4.48. The molecule has 0 amide bonds. The van der Waals surface area contributed by atoms with Gasteiger partial charge in [0, 0.05) is 12.3 Å². The van der Waals surface area contributed by atoms with Gasteiger partial charge in [-0.05, 0) is 93.3 Å². The molecule has 6 heteroatoms. The average molecular weight is 408 g/mol. The Bertz CT molecular complexity index is 610. The van der Waals surface area contributed by atoms with Gasteiger partial charge in [-0.1, -0.05) is 12.8 Å². The lowest BCUT2D eigenvalue weighted by atomic mass is 9.53. The highest BCUT2D eigenvalue weighted by molar-refractivity contribution is 5.75. The van der Waals surface area contributed by atoms with Gasteiger partial charge >= 0.3 is 11.9 Å². The highest BCUT2D eigenvalue weighted by Crippen LogP contribution is 2.58. The monoisotopic (exact) mass is 407 g/mol. The van der Waals surface area contributed by atoms with E-state index in [0.29, 0.717) is 5.92 Å². The summed E-state index contributed by atoms with van der Waals surface area (Å²) in [6.45, 7) is 0. The second-order valence-corrected chi connectivity index (χ2v) is 10.2. The van der Waals surface area contributed by atoms with Crippen molar-refractivity contribution in [3.8, 4) is 0 Å². The highest BCUT2D eigenvalue weighted by atomic mass is 16.6. The zero-order valence-electron chi connectivity index (χ0n) is 17.4. The number of hydrogen-bond donors (Lipinski definition) is 3. The second-order valence-electron chi connectivity index (χ2n) is 10.2. The first-order valence-electron chi connectivity index (χ1n) is 11.8. The van der Waals surface area contributed by atoms with E-state index in [2.05, 4.69) is 0 Å². The smallest absolute Gasteiger partial charge is 0.320 e. The fourth-order valence-corrected chi connectivity index (χ4v) is 7.46. The number of ether oxygens (including phenoxy) is 1. The minimum absolute atomic E-state index is 0.00715. The molecule has 0 bridgehead atoms. The molecule has 0 radical (unpaired) electrons. The average Bonchev–Trinajstić information content (AvgIpc) is 3.20. The number of esters is 1. The van der Waals surface area contributed by atoms with E-state index < -0.39 is 24.3 Å². The van der Waals surface area contributed by atoms with Gasteiger partial charge in [-0.2, -0.15) is 0 Å². The minimum Gasteiger partial charge on any atom is -0.480 e. The van der Waals surface area contributed by atoms with Crippen LogP contribution in [0.2, 0.25) is 0 Å². The van der Waals surface area contributed by atoms with Crippen LogP contribution in [-0.4, -0.2) is 34.5 Å². The molecule has 4 N–H and O–H groups in total. The molecule has 4 rings (SSSR count). The number of carboxylic acids is 1. The third-order valence-corrected chi connectivity index (χ3v) is 8.82. The number of fused-ring (bicyclic) bond motifs is 5. The molecule has 0 aliphatic heterocycles. The van der Waals surface area contributed by atoms with Crippen molar-refractivity contribution in [3.05, 3.63) is 0 Å². The van der Waals surface area contributed by atoms with Crippen LogP contribution in [0.4, 0.5) is 0 Å². The minimum atomic E-state index is -1.13. The van der Waals surface area contributed by atoms with Crippen molar-refractivity contribution in [1.82, 2.24) is 0 Å². The first-order chi connectivity index (χ1) is 13.9. The van der Waals surface area contributed by atoms with Gasteiger partial charge in [-0.3, -0.25) is 9.59 Å². The third-order valence-electron chi connectivity index (χ3n) is 8.82. The quantitative estimate of drug-likeness (QED) is 0.460. The fraction of sp³-hybridized carbons (Fsp3) is 0.913. The number of aliphatic hydroxyl groups excluding tert-OH is 1. The lowest BCUT2D eigenvalue weighted by Crippen LogP contribution is -2.45. The van der Waals surface area contributed by atoms with Gasteiger partial charge in [0.05, 0.1) is 0 Å². The number of nitrogens with two attached hydrogens (primary N) is 1. The molecule has 9 atom stereocenters. The molecule has 164 valence electrons. The van der Waals surface area contributed by atoms with Crippen LogP contribution in [0.5, 0.6) is 0 Å². The molecule has 4 saturated carbocycles. The predicted octanol–water partition coefficient (Wildman–Crippen LogP) is 3.31. The molecular weight excluding hydrogens is 370 g/mol.